The Morgan fingerprint density at radius 3 is 3.00 bits per heavy atom. The van der Waals surface area contributed by atoms with Crippen LogP contribution in [-0.2, 0) is 12.8 Å². The Morgan fingerprint density at radius 1 is 1.26 bits per heavy atom. The van der Waals surface area contributed by atoms with Gasteiger partial charge >= 0.3 is 0 Å². The van der Waals surface area contributed by atoms with Crippen LogP contribution in [0, 0.1) is 0 Å². The first kappa shape index (κ1) is 11.6. The minimum absolute atomic E-state index is 0.463. The average Bonchev–Trinajstić information content (AvgIpc) is 3.14. The highest BCUT2D eigenvalue weighted by atomic mass is 32.1. The van der Waals surface area contributed by atoms with Crippen molar-refractivity contribution in [2.45, 2.75) is 38.0 Å². The molecule has 0 amide bonds. The first-order valence-corrected chi connectivity index (χ1v) is 7.88. The lowest BCUT2D eigenvalue weighted by Gasteiger charge is -2.18. The molecular weight excluding hydrogens is 258 g/mol. The number of thiophene rings is 1. The van der Waals surface area contributed by atoms with Crippen molar-refractivity contribution in [1.82, 2.24) is 15.5 Å². The Hall–Kier alpha value is -1.20. The quantitative estimate of drug-likeness (QED) is 0.915. The van der Waals surface area contributed by atoms with Gasteiger partial charge in [-0.15, -0.1) is 11.3 Å². The molecule has 3 heterocycles. The van der Waals surface area contributed by atoms with Gasteiger partial charge in [0.1, 0.15) is 0 Å². The van der Waals surface area contributed by atoms with Gasteiger partial charge in [-0.2, -0.15) is 4.98 Å². The zero-order chi connectivity index (χ0) is 12.7. The smallest absolute Gasteiger partial charge is 0.268 e. The van der Waals surface area contributed by atoms with Crippen molar-refractivity contribution in [2.75, 3.05) is 13.1 Å². The highest BCUT2D eigenvalue weighted by molar-refractivity contribution is 7.15. The Morgan fingerprint density at radius 2 is 2.16 bits per heavy atom. The predicted octanol–water partition coefficient (Wildman–Crippen LogP) is 2.75. The number of hydrogen-bond donors (Lipinski definition) is 1. The van der Waals surface area contributed by atoms with Crippen molar-refractivity contribution in [1.29, 1.82) is 0 Å². The fourth-order valence-electron chi connectivity index (χ4n) is 3.02. The second-order valence-corrected chi connectivity index (χ2v) is 6.53. The molecule has 19 heavy (non-hydrogen) atoms. The van der Waals surface area contributed by atoms with Gasteiger partial charge in [-0.1, -0.05) is 5.16 Å². The molecule has 0 saturated carbocycles. The normalized spacial score (nSPS) is 19.8. The summed E-state index contributed by atoms with van der Waals surface area (Å²) in [4.78, 5) is 7.28. The molecule has 0 atom stereocenters. The number of nitrogens with zero attached hydrogens (tertiary/aromatic N) is 2. The number of aromatic nitrogens is 2. The molecule has 4 nitrogen and oxygen atoms in total. The van der Waals surface area contributed by atoms with Crippen LogP contribution in [0.25, 0.3) is 10.8 Å². The van der Waals surface area contributed by atoms with Gasteiger partial charge in [0, 0.05) is 10.8 Å². The maximum absolute atomic E-state index is 5.47. The van der Waals surface area contributed by atoms with Gasteiger partial charge in [0.25, 0.3) is 5.89 Å². The molecule has 2 aromatic rings. The minimum Gasteiger partial charge on any atom is -0.333 e. The summed E-state index contributed by atoms with van der Waals surface area (Å²) in [5.74, 6) is 2.07. The molecule has 0 spiro atoms. The first-order valence-electron chi connectivity index (χ1n) is 7.06. The lowest BCUT2D eigenvalue weighted by molar-refractivity contribution is 0.392. The molecule has 1 saturated heterocycles. The summed E-state index contributed by atoms with van der Waals surface area (Å²) in [6, 6.07) is 2.24. The maximum atomic E-state index is 5.47. The number of aryl methyl sites for hydroxylation is 2. The molecule has 4 rings (SSSR count). The Labute approximate surface area is 116 Å². The van der Waals surface area contributed by atoms with E-state index in [0.29, 0.717) is 11.8 Å². The van der Waals surface area contributed by atoms with E-state index in [9.17, 15) is 0 Å². The number of piperidine rings is 1. The molecule has 0 aromatic carbocycles. The summed E-state index contributed by atoms with van der Waals surface area (Å²) in [6.07, 6.45) is 5.95. The van der Waals surface area contributed by atoms with Gasteiger partial charge < -0.3 is 9.84 Å². The van der Waals surface area contributed by atoms with E-state index in [2.05, 4.69) is 21.5 Å². The molecular formula is C14H17N3OS. The van der Waals surface area contributed by atoms with Crippen molar-refractivity contribution < 1.29 is 4.52 Å². The van der Waals surface area contributed by atoms with Crippen LogP contribution in [0.2, 0.25) is 0 Å². The second kappa shape index (κ2) is 4.72. The summed E-state index contributed by atoms with van der Waals surface area (Å²) in [5, 5.41) is 7.56. The zero-order valence-electron chi connectivity index (χ0n) is 10.8. The van der Waals surface area contributed by atoms with Gasteiger partial charge in [-0.05, 0) is 56.8 Å². The third-order valence-corrected chi connectivity index (χ3v) is 5.33. The van der Waals surface area contributed by atoms with Crippen LogP contribution < -0.4 is 5.32 Å². The lowest BCUT2D eigenvalue weighted by Crippen LogP contribution is -2.27. The van der Waals surface area contributed by atoms with E-state index in [4.69, 9.17) is 4.52 Å². The van der Waals surface area contributed by atoms with Crippen LogP contribution in [0.3, 0.4) is 0 Å². The number of hydrogen-bond acceptors (Lipinski definition) is 5. The highest BCUT2D eigenvalue weighted by Gasteiger charge is 2.23. The van der Waals surface area contributed by atoms with Crippen molar-refractivity contribution in [2.24, 2.45) is 0 Å². The molecule has 100 valence electrons. The standard InChI is InChI=1S/C14H17N3OS/c1-2-10-8-12(19-11(10)3-1)14-16-13(17-18-14)9-4-6-15-7-5-9/h8-9,15H,1-7H2. The number of nitrogens with one attached hydrogen (secondary N) is 1. The minimum atomic E-state index is 0.463. The third kappa shape index (κ3) is 2.11. The second-order valence-electron chi connectivity index (χ2n) is 5.39. The third-order valence-electron chi connectivity index (χ3n) is 4.10. The zero-order valence-corrected chi connectivity index (χ0v) is 11.6. The molecule has 2 aliphatic rings. The van der Waals surface area contributed by atoms with Crippen molar-refractivity contribution in [3.05, 3.63) is 22.3 Å². The lowest BCUT2D eigenvalue weighted by atomic mass is 9.98. The van der Waals surface area contributed by atoms with E-state index in [1.807, 2.05) is 11.3 Å². The topological polar surface area (TPSA) is 51.0 Å². The van der Waals surface area contributed by atoms with Crippen molar-refractivity contribution >= 4 is 11.3 Å². The maximum Gasteiger partial charge on any atom is 0.268 e. The van der Waals surface area contributed by atoms with E-state index >= 15 is 0 Å². The van der Waals surface area contributed by atoms with Crippen LogP contribution >= 0.6 is 11.3 Å². The Bertz CT molecular complexity index is 562. The van der Waals surface area contributed by atoms with Gasteiger partial charge in [0.05, 0.1) is 4.88 Å². The van der Waals surface area contributed by atoms with E-state index in [-0.39, 0.29) is 0 Å². The monoisotopic (exact) mass is 275 g/mol. The summed E-state index contributed by atoms with van der Waals surface area (Å²) >= 11 is 1.83. The molecule has 0 bridgehead atoms. The summed E-state index contributed by atoms with van der Waals surface area (Å²) in [6.45, 7) is 2.11. The van der Waals surface area contributed by atoms with E-state index < -0.39 is 0 Å². The van der Waals surface area contributed by atoms with Gasteiger partial charge in [-0.25, -0.2) is 0 Å². The molecule has 0 radical (unpaired) electrons. The van der Waals surface area contributed by atoms with Crippen LogP contribution in [0.1, 0.15) is 41.4 Å². The summed E-state index contributed by atoms with van der Waals surface area (Å²) < 4.78 is 5.47. The van der Waals surface area contributed by atoms with Crippen LogP contribution in [0.4, 0.5) is 0 Å². The van der Waals surface area contributed by atoms with Gasteiger partial charge in [0.2, 0.25) is 0 Å². The number of fused-ring (bicyclic) bond motifs is 1. The van der Waals surface area contributed by atoms with Crippen LogP contribution in [0.15, 0.2) is 10.6 Å². The predicted molar refractivity (Wildman–Crippen MR) is 74.5 cm³/mol. The molecule has 1 N–H and O–H groups in total. The number of rotatable bonds is 2. The molecule has 5 heteroatoms. The SMILES string of the molecule is c1c(-c2nc(C3CCNCC3)no2)sc2c1CCC2. The molecule has 0 unspecified atom stereocenters. The first-order chi connectivity index (χ1) is 9.40. The van der Waals surface area contributed by atoms with Gasteiger partial charge in [-0.3, -0.25) is 0 Å². The largest absolute Gasteiger partial charge is 0.333 e. The van der Waals surface area contributed by atoms with Crippen molar-refractivity contribution in [3.8, 4) is 10.8 Å². The molecule has 1 aliphatic carbocycles. The van der Waals surface area contributed by atoms with Crippen LogP contribution in [0.5, 0.6) is 0 Å². The highest BCUT2D eigenvalue weighted by Crippen LogP contribution is 2.36. The van der Waals surface area contributed by atoms with Crippen molar-refractivity contribution in [3.63, 3.8) is 0 Å². The fraction of sp³-hybridized carbons (Fsp3) is 0.571. The van der Waals surface area contributed by atoms with E-state index in [0.717, 1.165) is 36.6 Å². The summed E-state index contributed by atoms with van der Waals surface area (Å²) in [7, 11) is 0. The van der Waals surface area contributed by atoms with E-state index in [1.165, 1.54) is 29.7 Å². The Kier molecular flexibility index (Phi) is 2.89. The Balaban J connectivity index is 1.59. The molecule has 2 aromatic heterocycles. The van der Waals surface area contributed by atoms with E-state index in [1.54, 1.807) is 0 Å². The van der Waals surface area contributed by atoms with Crippen LogP contribution in [-0.4, -0.2) is 23.2 Å². The summed E-state index contributed by atoms with van der Waals surface area (Å²) in [5.41, 5.74) is 1.49. The molecule has 1 aliphatic heterocycles. The fourth-order valence-corrected chi connectivity index (χ4v) is 4.19. The molecule has 1 fully saturated rings. The average molecular weight is 275 g/mol. The van der Waals surface area contributed by atoms with Gasteiger partial charge in [0.15, 0.2) is 5.82 Å².